The number of benzene rings is 2. The van der Waals surface area contributed by atoms with Crippen LogP contribution >= 0.6 is 0 Å². The molecule has 1 aliphatic rings. The minimum Gasteiger partial charge on any atom is -0.504 e. The van der Waals surface area contributed by atoms with Gasteiger partial charge in [-0.2, -0.15) is 4.31 Å². The van der Waals surface area contributed by atoms with E-state index in [1.807, 2.05) is 12.1 Å². The lowest BCUT2D eigenvalue weighted by Crippen LogP contribution is -2.56. The Morgan fingerprint density at radius 1 is 1.22 bits per heavy atom. The summed E-state index contributed by atoms with van der Waals surface area (Å²) in [4.78, 5) is 14.8. The number of hydrogen-bond acceptors (Lipinski definition) is 8. The highest BCUT2D eigenvalue weighted by Gasteiger charge is 2.40. The van der Waals surface area contributed by atoms with Crippen molar-refractivity contribution in [1.29, 1.82) is 0 Å². The first kappa shape index (κ1) is 26.8. The fraction of sp³-hybridized carbons (Fsp3) is 0.423. The first-order valence-corrected chi connectivity index (χ1v) is 14.0. The average molecular weight is 528 g/mol. The van der Waals surface area contributed by atoms with Gasteiger partial charge in [0.25, 0.3) is 0 Å². The number of methoxy groups -OCH3 is 1. The highest BCUT2D eigenvalue weighted by Crippen LogP contribution is 2.32. The fourth-order valence-corrected chi connectivity index (χ4v) is 6.51. The second kappa shape index (κ2) is 11.4. The third kappa shape index (κ3) is 6.17. The number of primary amides is 1. The van der Waals surface area contributed by atoms with E-state index in [2.05, 4.69) is 52.4 Å². The second-order valence-electron chi connectivity index (χ2n) is 9.30. The molecule has 11 heteroatoms. The zero-order valence-electron chi connectivity index (χ0n) is 21.3. The Hall–Kier alpha value is -3.28. The maximum atomic E-state index is 12.9. The van der Waals surface area contributed by atoms with E-state index in [1.54, 1.807) is 0 Å². The van der Waals surface area contributed by atoms with Gasteiger partial charge in [-0.3, -0.25) is 9.69 Å². The summed E-state index contributed by atoms with van der Waals surface area (Å²) in [6, 6.07) is 13.3. The normalized spacial score (nSPS) is 17.4. The number of carbonyl (C=O) groups excluding carboxylic acids is 1. The van der Waals surface area contributed by atoms with Crippen LogP contribution in [0.4, 0.5) is 0 Å². The maximum Gasteiger partial charge on any atom is 0.243 e. The van der Waals surface area contributed by atoms with Crippen molar-refractivity contribution < 1.29 is 22.4 Å². The summed E-state index contributed by atoms with van der Waals surface area (Å²) in [6.07, 6.45) is 4.97. The van der Waals surface area contributed by atoms with E-state index in [4.69, 9.17) is 14.9 Å². The van der Waals surface area contributed by atoms with Crippen LogP contribution in [-0.4, -0.2) is 72.3 Å². The van der Waals surface area contributed by atoms with Gasteiger partial charge in [0, 0.05) is 31.2 Å². The van der Waals surface area contributed by atoms with Gasteiger partial charge in [-0.05, 0) is 36.1 Å². The molecule has 0 bridgehead atoms. The Balaban J connectivity index is 1.50. The number of nitrogens with zero attached hydrogens (tertiary/aromatic N) is 4. The number of fused-ring (bicyclic) bond motifs is 1. The van der Waals surface area contributed by atoms with Crippen LogP contribution in [0.1, 0.15) is 43.2 Å². The molecule has 1 aliphatic heterocycles. The lowest BCUT2D eigenvalue weighted by molar-refractivity contribution is -0.122. The summed E-state index contributed by atoms with van der Waals surface area (Å²) in [7, 11) is -2.28. The summed E-state index contributed by atoms with van der Waals surface area (Å²) in [6.45, 7) is 3.53. The number of amides is 1. The lowest BCUT2D eigenvalue weighted by Gasteiger charge is -2.41. The molecule has 0 aliphatic carbocycles. The molecule has 0 spiro atoms. The Bertz CT molecular complexity index is 1360. The van der Waals surface area contributed by atoms with Crippen LogP contribution in [0, 0.1) is 0 Å². The SMILES string of the molecule is COC=Cc1nnc(CC(C(N)=O)N(C2CCN(C(C)c3cccc4ccccc34)CC2)S(C)(=O)=O)o1. The van der Waals surface area contributed by atoms with E-state index in [0.717, 1.165) is 6.26 Å². The zero-order chi connectivity index (χ0) is 26.6. The second-order valence-corrected chi connectivity index (χ2v) is 11.2. The monoisotopic (exact) mass is 527 g/mol. The van der Waals surface area contributed by atoms with E-state index in [0.29, 0.717) is 25.9 Å². The van der Waals surface area contributed by atoms with Crippen LogP contribution in [0.3, 0.4) is 0 Å². The van der Waals surface area contributed by atoms with E-state index in [9.17, 15) is 13.2 Å². The highest BCUT2D eigenvalue weighted by atomic mass is 32.2. The molecule has 198 valence electrons. The van der Waals surface area contributed by atoms with Crippen molar-refractivity contribution in [2.75, 3.05) is 26.5 Å². The number of aromatic nitrogens is 2. The van der Waals surface area contributed by atoms with Crippen molar-refractivity contribution in [3.8, 4) is 0 Å². The quantitative estimate of drug-likeness (QED) is 0.398. The van der Waals surface area contributed by atoms with Gasteiger partial charge >= 0.3 is 0 Å². The topological polar surface area (TPSA) is 132 Å². The molecule has 37 heavy (non-hydrogen) atoms. The first-order chi connectivity index (χ1) is 17.7. The molecule has 1 saturated heterocycles. The van der Waals surface area contributed by atoms with Gasteiger partial charge in [-0.25, -0.2) is 8.42 Å². The van der Waals surface area contributed by atoms with Crippen LogP contribution < -0.4 is 5.73 Å². The van der Waals surface area contributed by atoms with Gasteiger partial charge in [-0.15, -0.1) is 10.2 Å². The predicted octanol–water partition coefficient (Wildman–Crippen LogP) is 2.72. The predicted molar refractivity (Wildman–Crippen MR) is 141 cm³/mol. The van der Waals surface area contributed by atoms with E-state index in [1.165, 1.54) is 40.1 Å². The molecule has 0 radical (unpaired) electrons. The molecule has 2 unspecified atom stereocenters. The van der Waals surface area contributed by atoms with Gasteiger partial charge in [0.15, 0.2) is 0 Å². The molecule has 2 heterocycles. The number of nitrogens with two attached hydrogens (primary N) is 1. The van der Waals surface area contributed by atoms with E-state index in [-0.39, 0.29) is 30.3 Å². The number of likely N-dealkylation sites (tertiary alicyclic amines) is 1. The van der Waals surface area contributed by atoms with Gasteiger partial charge in [0.2, 0.25) is 27.7 Å². The van der Waals surface area contributed by atoms with E-state index < -0.39 is 22.0 Å². The average Bonchev–Trinajstić information content (AvgIpc) is 3.33. The van der Waals surface area contributed by atoms with Gasteiger partial charge in [0.05, 0.1) is 26.0 Å². The summed E-state index contributed by atoms with van der Waals surface area (Å²) >= 11 is 0. The molecule has 2 aromatic carbocycles. The van der Waals surface area contributed by atoms with Crippen molar-refractivity contribution in [3.63, 3.8) is 0 Å². The number of hydrogen-bond donors (Lipinski definition) is 1. The molecule has 3 aromatic rings. The molecular weight excluding hydrogens is 494 g/mol. The maximum absolute atomic E-state index is 12.9. The minimum absolute atomic E-state index is 0.108. The number of carbonyl (C=O) groups is 1. The number of sulfonamides is 1. The number of ether oxygens (including phenoxy) is 1. The van der Waals surface area contributed by atoms with Crippen molar-refractivity contribution in [1.82, 2.24) is 19.4 Å². The molecule has 2 N–H and O–H groups in total. The van der Waals surface area contributed by atoms with E-state index >= 15 is 0 Å². The zero-order valence-corrected chi connectivity index (χ0v) is 22.1. The third-order valence-electron chi connectivity index (χ3n) is 6.90. The minimum atomic E-state index is -3.76. The summed E-state index contributed by atoms with van der Waals surface area (Å²) in [5, 5.41) is 10.2. The van der Waals surface area contributed by atoms with Gasteiger partial charge in [0.1, 0.15) is 6.04 Å². The van der Waals surface area contributed by atoms with Crippen LogP contribution in [0.15, 0.2) is 53.1 Å². The lowest BCUT2D eigenvalue weighted by atomic mass is 9.95. The summed E-state index contributed by atoms with van der Waals surface area (Å²) in [5.74, 6) is -0.457. The Labute approximate surface area is 217 Å². The van der Waals surface area contributed by atoms with Crippen LogP contribution in [-0.2, 0) is 26.0 Å². The van der Waals surface area contributed by atoms with Crippen molar-refractivity contribution in [2.24, 2.45) is 5.73 Å². The molecular formula is C26H33N5O5S. The van der Waals surface area contributed by atoms with Crippen molar-refractivity contribution in [2.45, 2.75) is 44.3 Å². The van der Waals surface area contributed by atoms with Crippen LogP contribution in [0.2, 0.25) is 0 Å². The summed E-state index contributed by atoms with van der Waals surface area (Å²) in [5.41, 5.74) is 6.94. The largest absolute Gasteiger partial charge is 0.504 e. The highest BCUT2D eigenvalue weighted by molar-refractivity contribution is 7.88. The smallest absolute Gasteiger partial charge is 0.243 e. The Morgan fingerprint density at radius 3 is 2.59 bits per heavy atom. The van der Waals surface area contributed by atoms with Crippen molar-refractivity contribution >= 4 is 32.8 Å². The van der Waals surface area contributed by atoms with Crippen molar-refractivity contribution in [3.05, 3.63) is 66.1 Å². The number of piperidine rings is 1. The molecule has 1 fully saturated rings. The molecule has 1 amide bonds. The Morgan fingerprint density at radius 2 is 1.92 bits per heavy atom. The summed E-state index contributed by atoms with van der Waals surface area (Å²) < 4.78 is 37.4. The molecule has 0 saturated carbocycles. The van der Waals surface area contributed by atoms with Crippen LogP contribution in [0.25, 0.3) is 16.8 Å². The molecule has 1 aromatic heterocycles. The van der Waals surface area contributed by atoms with Gasteiger partial charge in [-0.1, -0.05) is 42.5 Å². The molecule has 4 rings (SSSR count). The van der Waals surface area contributed by atoms with Crippen LogP contribution in [0.5, 0.6) is 0 Å². The van der Waals surface area contributed by atoms with Gasteiger partial charge < -0.3 is 14.9 Å². The first-order valence-electron chi connectivity index (χ1n) is 12.2. The molecule has 10 nitrogen and oxygen atoms in total. The fourth-order valence-electron chi connectivity index (χ4n) is 5.12. The molecule has 2 atom stereocenters. The third-order valence-corrected chi connectivity index (χ3v) is 8.21. The standard InChI is InChI=1S/C26H33N5O5S/c1-18(21-10-6-8-19-7-4-5-9-22(19)21)30-14-11-20(12-15-30)31(37(3,33)34)23(26(27)32)17-25-29-28-24(36-25)13-16-35-2/h4-10,13,16,18,20,23H,11-12,14-15,17H2,1-3H3,(H2,27,32). The number of rotatable bonds is 10. The Kier molecular flexibility index (Phi) is 8.25.